The lowest BCUT2D eigenvalue weighted by Gasteiger charge is -2.05. The Morgan fingerprint density at radius 1 is 1.22 bits per heavy atom. The van der Waals surface area contributed by atoms with Gasteiger partial charge in [0, 0.05) is 23.7 Å². The third-order valence-electron chi connectivity index (χ3n) is 3.49. The number of aromatic nitrogens is 2. The Morgan fingerprint density at radius 3 is 2.87 bits per heavy atom. The Balaban J connectivity index is 1.90. The van der Waals surface area contributed by atoms with Crippen molar-refractivity contribution in [3.63, 3.8) is 0 Å². The fraction of sp³-hybridized carbons (Fsp3) is 0.111. The Labute approximate surface area is 133 Å². The zero-order valence-corrected chi connectivity index (χ0v) is 12.5. The molecular weight excluding hydrogens is 290 g/mol. The van der Waals surface area contributed by atoms with Gasteiger partial charge in [-0.3, -0.25) is 4.98 Å². The average Bonchev–Trinajstić information content (AvgIpc) is 2.60. The summed E-state index contributed by atoms with van der Waals surface area (Å²) in [6, 6.07) is 14.8. The van der Waals surface area contributed by atoms with E-state index in [-0.39, 0.29) is 5.97 Å². The van der Waals surface area contributed by atoms with Crippen LogP contribution in [0.1, 0.15) is 27.3 Å². The molecule has 0 bridgehead atoms. The van der Waals surface area contributed by atoms with Crippen LogP contribution in [-0.4, -0.2) is 23.0 Å². The van der Waals surface area contributed by atoms with Gasteiger partial charge < -0.3 is 4.74 Å². The first-order chi connectivity index (χ1) is 11.2. The van der Waals surface area contributed by atoms with Crippen LogP contribution in [0.25, 0.3) is 10.9 Å². The van der Waals surface area contributed by atoms with Gasteiger partial charge in [-0.2, -0.15) is 5.26 Å². The van der Waals surface area contributed by atoms with Crippen LogP contribution in [0.4, 0.5) is 0 Å². The van der Waals surface area contributed by atoms with E-state index in [0.717, 1.165) is 22.2 Å². The Hall–Kier alpha value is -3.26. The van der Waals surface area contributed by atoms with E-state index in [2.05, 4.69) is 9.97 Å². The highest BCUT2D eigenvalue weighted by molar-refractivity contribution is 5.89. The molecule has 0 saturated heterocycles. The molecule has 0 saturated carbocycles. The number of carbonyl (C=O) groups excluding carboxylic acids is 1. The number of methoxy groups -OCH3 is 1. The zero-order valence-electron chi connectivity index (χ0n) is 12.5. The lowest BCUT2D eigenvalue weighted by atomic mass is 10.0. The molecule has 0 aliphatic carbocycles. The normalized spacial score (nSPS) is 10.3. The molecule has 0 aliphatic rings. The second-order valence-electron chi connectivity index (χ2n) is 5.04. The summed E-state index contributed by atoms with van der Waals surface area (Å²) in [5, 5.41) is 9.84. The first-order valence-corrected chi connectivity index (χ1v) is 7.02. The number of carbonyl (C=O) groups is 1. The topological polar surface area (TPSA) is 75.9 Å². The smallest absolute Gasteiger partial charge is 0.337 e. The van der Waals surface area contributed by atoms with Crippen molar-refractivity contribution in [1.82, 2.24) is 9.97 Å². The van der Waals surface area contributed by atoms with Gasteiger partial charge in [0.25, 0.3) is 0 Å². The number of ether oxygens (including phenoxy) is 1. The van der Waals surface area contributed by atoms with E-state index >= 15 is 0 Å². The first-order valence-electron chi connectivity index (χ1n) is 7.02. The largest absolute Gasteiger partial charge is 0.465 e. The molecule has 0 unspecified atom stereocenters. The van der Waals surface area contributed by atoms with Gasteiger partial charge in [-0.25, -0.2) is 9.78 Å². The molecule has 2 heterocycles. The van der Waals surface area contributed by atoms with Crippen LogP contribution in [0, 0.1) is 11.3 Å². The van der Waals surface area contributed by atoms with E-state index in [4.69, 9.17) is 10.00 Å². The van der Waals surface area contributed by atoms with Crippen LogP contribution in [0.2, 0.25) is 0 Å². The van der Waals surface area contributed by atoms with E-state index in [1.54, 1.807) is 24.4 Å². The SMILES string of the molecule is COC(=O)c1ccnc(Cc2ccc3nc(C#N)ccc3c2)c1. The monoisotopic (exact) mass is 303 g/mol. The zero-order chi connectivity index (χ0) is 16.2. The molecule has 0 amide bonds. The van der Waals surface area contributed by atoms with Gasteiger partial charge in [0.2, 0.25) is 0 Å². The summed E-state index contributed by atoms with van der Waals surface area (Å²) < 4.78 is 4.72. The van der Waals surface area contributed by atoms with E-state index in [1.807, 2.05) is 30.3 Å². The lowest BCUT2D eigenvalue weighted by molar-refractivity contribution is 0.0600. The molecular formula is C18H13N3O2. The molecule has 2 aromatic heterocycles. The molecule has 3 rings (SSSR count). The fourth-order valence-corrected chi connectivity index (χ4v) is 2.38. The molecule has 1 aromatic carbocycles. The molecule has 112 valence electrons. The van der Waals surface area contributed by atoms with E-state index < -0.39 is 0 Å². The minimum Gasteiger partial charge on any atom is -0.465 e. The number of fused-ring (bicyclic) bond motifs is 1. The number of benzene rings is 1. The minimum atomic E-state index is -0.375. The van der Waals surface area contributed by atoms with Crippen molar-refractivity contribution in [3.8, 4) is 6.07 Å². The highest BCUT2D eigenvalue weighted by Crippen LogP contribution is 2.17. The molecule has 0 radical (unpaired) electrons. The standard InChI is InChI=1S/C18H13N3O2/c1-23-18(22)14-6-7-20-16(10-14)9-12-2-5-17-13(8-12)3-4-15(11-19)21-17/h2-8,10H,9H2,1H3. The van der Waals surface area contributed by atoms with Gasteiger partial charge in [-0.05, 0) is 42.0 Å². The van der Waals surface area contributed by atoms with Crippen LogP contribution in [0.15, 0.2) is 48.7 Å². The summed E-state index contributed by atoms with van der Waals surface area (Å²) in [4.78, 5) is 20.1. The van der Waals surface area contributed by atoms with Gasteiger partial charge in [0.1, 0.15) is 11.8 Å². The maximum atomic E-state index is 11.6. The summed E-state index contributed by atoms with van der Waals surface area (Å²) in [5.74, 6) is -0.375. The summed E-state index contributed by atoms with van der Waals surface area (Å²) >= 11 is 0. The minimum absolute atomic E-state index is 0.375. The maximum Gasteiger partial charge on any atom is 0.337 e. The first kappa shape index (κ1) is 14.7. The molecule has 0 atom stereocenters. The number of esters is 1. The van der Waals surface area contributed by atoms with Gasteiger partial charge in [-0.1, -0.05) is 6.07 Å². The van der Waals surface area contributed by atoms with Gasteiger partial charge >= 0.3 is 5.97 Å². The van der Waals surface area contributed by atoms with Gasteiger partial charge in [0.05, 0.1) is 18.2 Å². The van der Waals surface area contributed by atoms with Gasteiger partial charge in [0.15, 0.2) is 0 Å². The van der Waals surface area contributed by atoms with Crippen molar-refractivity contribution in [2.75, 3.05) is 7.11 Å². The predicted molar refractivity (Wildman–Crippen MR) is 84.8 cm³/mol. The fourth-order valence-electron chi connectivity index (χ4n) is 2.38. The number of hydrogen-bond donors (Lipinski definition) is 0. The molecule has 0 aliphatic heterocycles. The molecule has 0 spiro atoms. The summed E-state index contributed by atoms with van der Waals surface area (Å²) in [7, 11) is 1.36. The Morgan fingerprint density at radius 2 is 2.09 bits per heavy atom. The number of nitriles is 1. The summed E-state index contributed by atoms with van der Waals surface area (Å²) in [6.07, 6.45) is 2.20. The van der Waals surface area contributed by atoms with Crippen molar-refractivity contribution in [2.45, 2.75) is 6.42 Å². The number of hydrogen-bond acceptors (Lipinski definition) is 5. The third kappa shape index (κ3) is 3.16. The van der Waals surface area contributed by atoms with Crippen LogP contribution in [-0.2, 0) is 11.2 Å². The molecule has 3 aromatic rings. The predicted octanol–water partition coefficient (Wildman–Crippen LogP) is 2.88. The van der Waals surface area contributed by atoms with Crippen molar-refractivity contribution in [2.24, 2.45) is 0 Å². The summed E-state index contributed by atoms with van der Waals surface area (Å²) in [5.41, 5.74) is 3.51. The molecule has 0 fully saturated rings. The number of pyridine rings is 2. The van der Waals surface area contributed by atoms with Crippen molar-refractivity contribution in [3.05, 3.63) is 71.2 Å². The second-order valence-corrected chi connectivity index (χ2v) is 5.04. The van der Waals surface area contributed by atoms with Gasteiger partial charge in [-0.15, -0.1) is 0 Å². The molecule has 5 heteroatoms. The number of nitrogens with zero attached hydrogens (tertiary/aromatic N) is 3. The van der Waals surface area contributed by atoms with Crippen molar-refractivity contribution >= 4 is 16.9 Å². The van der Waals surface area contributed by atoms with Crippen LogP contribution < -0.4 is 0 Å². The Bertz CT molecular complexity index is 929. The lowest BCUT2D eigenvalue weighted by Crippen LogP contribution is -2.03. The Kier molecular flexibility index (Phi) is 3.98. The maximum absolute atomic E-state index is 11.6. The quantitative estimate of drug-likeness (QED) is 0.695. The second kappa shape index (κ2) is 6.24. The molecule has 0 N–H and O–H groups in total. The van der Waals surface area contributed by atoms with Crippen LogP contribution >= 0.6 is 0 Å². The number of rotatable bonds is 3. The van der Waals surface area contributed by atoms with E-state index in [0.29, 0.717) is 17.7 Å². The van der Waals surface area contributed by atoms with Crippen LogP contribution in [0.5, 0.6) is 0 Å². The average molecular weight is 303 g/mol. The van der Waals surface area contributed by atoms with Crippen LogP contribution in [0.3, 0.4) is 0 Å². The summed E-state index contributed by atoms with van der Waals surface area (Å²) in [6.45, 7) is 0. The molecule has 23 heavy (non-hydrogen) atoms. The highest BCUT2D eigenvalue weighted by atomic mass is 16.5. The van der Waals surface area contributed by atoms with Crippen molar-refractivity contribution in [1.29, 1.82) is 5.26 Å². The molecule has 5 nitrogen and oxygen atoms in total. The third-order valence-corrected chi connectivity index (χ3v) is 3.49. The van der Waals surface area contributed by atoms with Crippen molar-refractivity contribution < 1.29 is 9.53 Å². The van der Waals surface area contributed by atoms with E-state index in [1.165, 1.54) is 7.11 Å². The highest BCUT2D eigenvalue weighted by Gasteiger charge is 2.07. The van der Waals surface area contributed by atoms with E-state index in [9.17, 15) is 4.79 Å².